The highest BCUT2D eigenvalue weighted by atomic mass is 32.2. The second kappa shape index (κ2) is 7.75. The van der Waals surface area contributed by atoms with Crippen molar-refractivity contribution in [2.75, 3.05) is 26.7 Å². The molecule has 0 aliphatic heterocycles. The molecule has 3 heteroatoms. The molecule has 0 unspecified atom stereocenters. The van der Waals surface area contributed by atoms with Crippen LogP contribution in [-0.2, 0) is 6.42 Å². The third kappa shape index (κ3) is 6.10. The molecule has 0 spiro atoms. The van der Waals surface area contributed by atoms with Crippen molar-refractivity contribution in [2.24, 2.45) is 0 Å². The van der Waals surface area contributed by atoms with Crippen LogP contribution in [0.2, 0.25) is 0 Å². The Hall–Kier alpha value is -0.510. The van der Waals surface area contributed by atoms with Crippen molar-refractivity contribution in [3.05, 3.63) is 29.8 Å². The number of benzene rings is 1. The first-order chi connectivity index (χ1) is 8.11. The van der Waals surface area contributed by atoms with Crippen LogP contribution in [0, 0.1) is 0 Å². The summed E-state index contributed by atoms with van der Waals surface area (Å²) in [5.74, 6) is 0. The van der Waals surface area contributed by atoms with Gasteiger partial charge >= 0.3 is 0 Å². The second-order valence-electron chi connectivity index (χ2n) is 4.59. The maximum Gasteiger partial charge on any atom is 0.0558 e. The Labute approximate surface area is 109 Å². The SMILES string of the molecule is CC(C)Sc1ccc(CCN(C)CCO)cc1. The lowest BCUT2D eigenvalue weighted by molar-refractivity contribution is 0.223. The summed E-state index contributed by atoms with van der Waals surface area (Å²) in [6, 6.07) is 8.81. The summed E-state index contributed by atoms with van der Waals surface area (Å²) in [5, 5.41) is 9.45. The van der Waals surface area contributed by atoms with Crippen LogP contribution in [0.15, 0.2) is 29.2 Å². The summed E-state index contributed by atoms with van der Waals surface area (Å²) in [4.78, 5) is 3.49. The maximum absolute atomic E-state index is 8.81. The van der Waals surface area contributed by atoms with Gasteiger partial charge in [-0.05, 0) is 31.2 Å². The Bertz CT molecular complexity index is 311. The fourth-order valence-electron chi connectivity index (χ4n) is 1.61. The Balaban J connectivity index is 2.40. The molecule has 17 heavy (non-hydrogen) atoms. The minimum Gasteiger partial charge on any atom is -0.395 e. The van der Waals surface area contributed by atoms with Crippen molar-refractivity contribution in [2.45, 2.75) is 30.4 Å². The van der Waals surface area contributed by atoms with Crippen molar-refractivity contribution in [1.82, 2.24) is 4.90 Å². The van der Waals surface area contributed by atoms with Gasteiger partial charge in [-0.3, -0.25) is 0 Å². The van der Waals surface area contributed by atoms with Crippen LogP contribution >= 0.6 is 11.8 Å². The first-order valence-corrected chi connectivity index (χ1v) is 7.04. The number of hydrogen-bond acceptors (Lipinski definition) is 3. The van der Waals surface area contributed by atoms with Crippen molar-refractivity contribution in [3.63, 3.8) is 0 Å². The van der Waals surface area contributed by atoms with Gasteiger partial charge in [0.25, 0.3) is 0 Å². The minimum absolute atomic E-state index is 0.237. The van der Waals surface area contributed by atoms with Gasteiger partial charge in [0, 0.05) is 23.2 Å². The monoisotopic (exact) mass is 253 g/mol. The molecule has 1 rings (SSSR count). The normalized spacial score (nSPS) is 11.4. The maximum atomic E-state index is 8.81. The largest absolute Gasteiger partial charge is 0.395 e. The summed E-state index contributed by atoms with van der Waals surface area (Å²) < 4.78 is 0. The first-order valence-electron chi connectivity index (χ1n) is 6.17. The van der Waals surface area contributed by atoms with Crippen LogP contribution in [-0.4, -0.2) is 42.0 Å². The molecular weight excluding hydrogens is 230 g/mol. The Kier molecular flexibility index (Phi) is 6.63. The summed E-state index contributed by atoms with van der Waals surface area (Å²) in [6.45, 7) is 6.41. The predicted molar refractivity (Wildman–Crippen MR) is 75.7 cm³/mol. The molecule has 96 valence electrons. The van der Waals surface area contributed by atoms with Crippen LogP contribution in [0.4, 0.5) is 0 Å². The third-order valence-electron chi connectivity index (χ3n) is 2.56. The zero-order valence-electron chi connectivity index (χ0n) is 11.0. The van der Waals surface area contributed by atoms with Crippen LogP contribution in [0.1, 0.15) is 19.4 Å². The van der Waals surface area contributed by atoms with Crippen molar-refractivity contribution >= 4 is 11.8 Å². The molecule has 2 nitrogen and oxygen atoms in total. The number of rotatable bonds is 7. The highest BCUT2D eigenvalue weighted by molar-refractivity contribution is 7.99. The summed E-state index contributed by atoms with van der Waals surface area (Å²) in [5.41, 5.74) is 1.36. The molecule has 0 aliphatic rings. The molecule has 0 amide bonds. The van der Waals surface area contributed by atoms with Crippen LogP contribution < -0.4 is 0 Å². The molecule has 0 aromatic heterocycles. The average Bonchev–Trinajstić information content (AvgIpc) is 2.28. The van der Waals surface area contributed by atoms with E-state index in [-0.39, 0.29) is 6.61 Å². The van der Waals surface area contributed by atoms with Gasteiger partial charge in [-0.25, -0.2) is 0 Å². The van der Waals surface area contributed by atoms with E-state index in [2.05, 4.69) is 43.0 Å². The van der Waals surface area contributed by atoms with E-state index in [0.717, 1.165) is 19.5 Å². The molecule has 0 radical (unpaired) electrons. The van der Waals surface area contributed by atoms with Gasteiger partial charge in [0.2, 0.25) is 0 Å². The standard InChI is InChI=1S/C14H23NOS/c1-12(2)17-14-6-4-13(5-7-14)8-9-15(3)10-11-16/h4-7,12,16H,8-11H2,1-3H3. The molecular formula is C14H23NOS. The number of nitrogens with zero attached hydrogens (tertiary/aromatic N) is 1. The van der Waals surface area contributed by atoms with Gasteiger partial charge in [-0.2, -0.15) is 0 Å². The van der Waals surface area contributed by atoms with E-state index in [0.29, 0.717) is 5.25 Å². The van der Waals surface area contributed by atoms with E-state index in [1.54, 1.807) is 0 Å². The average molecular weight is 253 g/mol. The Morgan fingerprint density at radius 2 is 1.82 bits per heavy atom. The van der Waals surface area contributed by atoms with Gasteiger partial charge in [-0.1, -0.05) is 26.0 Å². The first kappa shape index (κ1) is 14.6. The highest BCUT2D eigenvalue weighted by Crippen LogP contribution is 2.22. The topological polar surface area (TPSA) is 23.5 Å². The molecule has 0 aliphatic carbocycles. The number of aliphatic hydroxyl groups is 1. The van der Waals surface area contributed by atoms with Gasteiger partial charge in [-0.15, -0.1) is 11.8 Å². The fraction of sp³-hybridized carbons (Fsp3) is 0.571. The Morgan fingerprint density at radius 3 is 2.35 bits per heavy atom. The quantitative estimate of drug-likeness (QED) is 0.756. The highest BCUT2D eigenvalue weighted by Gasteiger charge is 2.00. The molecule has 0 bridgehead atoms. The van der Waals surface area contributed by atoms with Crippen molar-refractivity contribution in [3.8, 4) is 0 Å². The van der Waals surface area contributed by atoms with Gasteiger partial charge in [0.1, 0.15) is 0 Å². The number of thioether (sulfide) groups is 1. The van der Waals surface area contributed by atoms with E-state index in [4.69, 9.17) is 5.11 Å². The molecule has 0 fully saturated rings. The van der Waals surface area contributed by atoms with Crippen molar-refractivity contribution in [1.29, 1.82) is 0 Å². The lowest BCUT2D eigenvalue weighted by Gasteiger charge is -2.14. The zero-order valence-corrected chi connectivity index (χ0v) is 11.8. The van der Waals surface area contributed by atoms with E-state index in [9.17, 15) is 0 Å². The summed E-state index contributed by atoms with van der Waals surface area (Å²) in [6.07, 6.45) is 1.04. The van der Waals surface area contributed by atoms with Gasteiger partial charge in [0.15, 0.2) is 0 Å². The molecule has 1 aromatic carbocycles. The Morgan fingerprint density at radius 1 is 1.18 bits per heavy atom. The number of hydrogen-bond donors (Lipinski definition) is 1. The molecule has 0 heterocycles. The smallest absolute Gasteiger partial charge is 0.0558 e. The lowest BCUT2D eigenvalue weighted by Crippen LogP contribution is -2.24. The van der Waals surface area contributed by atoms with E-state index in [1.807, 2.05) is 18.8 Å². The minimum atomic E-state index is 0.237. The lowest BCUT2D eigenvalue weighted by atomic mass is 10.1. The number of likely N-dealkylation sites (N-methyl/N-ethyl adjacent to an activating group) is 1. The number of aliphatic hydroxyl groups excluding tert-OH is 1. The predicted octanol–water partition coefficient (Wildman–Crippen LogP) is 2.65. The van der Waals surface area contributed by atoms with Crippen LogP contribution in [0.3, 0.4) is 0 Å². The van der Waals surface area contributed by atoms with Gasteiger partial charge < -0.3 is 10.0 Å². The summed E-state index contributed by atoms with van der Waals surface area (Å²) >= 11 is 1.90. The molecule has 1 aromatic rings. The molecule has 0 saturated carbocycles. The zero-order chi connectivity index (χ0) is 12.7. The van der Waals surface area contributed by atoms with Crippen molar-refractivity contribution < 1.29 is 5.11 Å². The van der Waals surface area contributed by atoms with Crippen LogP contribution in [0.25, 0.3) is 0 Å². The molecule has 1 N–H and O–H groups in total. The van der Waals surface area contributed by atoms with Gasteiger partial charge in [0.05, 0.1) is 6.61 Å². The fourth-order valence-corrected chi connectivity index (χ4v) is 2.45. The summed E-state index contributed by atoms with van der Waals surface area (Å²) in [7, 11) is 2.04. The van der Waals surface area contributed by atoms with E-state index < -0.39 is 0 Å². The van der Waals surface area contributed by atoms with E-state index in [1.165, 1.54) is 10.5 Å². The van der Waals surface area contributed by atoms with E-state index >= 15 is 0 Å². The molecule has 0 saturated heterocycles. The second-order valence-corrected chi connectivity index (χ2v) is 6.24. The third-order valence-corrected chi connectivity index (χ3v) is 3.57. The molecule has 0 atom stereocenters. The van der Waals surface area contributed by atoms with Crippen LogP contribution in [0.5, 0.6) is 0 Å².